The summed E-state index contributed by atoms with van der Waals surface area (Å²) in [6, 6.07) is 0. The van der Waals surface area contributed by atoms with Crippen LogP contribution in [0.5, 0.6) is 0 Å². The lowest BCUT2D eigenvalue weighted by Gasteiger charge is -2.21. The largest absolute Gasteiger partial charge is 0.381 e. The van der Waals surface area contributed by atoms with Crippen LogP contribution in [0.3, 0.4) is 0 Å². The molecule has 0 aromatic carbocycles. The molecule has 0 radical (unpaired) electrons. The van der Waals surface area contributed by atoms with Crippen molar-refractivity contribution < 1.29 is 19.4 Å². The van der Waals surface area contributed by atoms with E-state index in [1.807, 2.05) is 6.92 Å². The van der Waals surface area contributed by atoms with E-state index in [2.05, 4.69) is 0 Å². The van der Waals surface area contributed by atoms with Crippen molar-refractivity contribution in [3.63, 3.8) is 0 Å². The second kappa shape index (κ2) is 7.79. The van der Waals surface area contributed by atoms with Gasteiger partial charge < -0.3 is 14.6 Å². The van der Waals surface area contributed by atoms with Gasteiger partial charge in [0.25, 0.3) is 0 Å². The van der Waals surface area contributed by atoms with E-state index in [4.69, 9.17) is 9.47 Å². The van der Waals surface area contributed by atoms with Crippen LogP contribution in [0.25, 0.3) is 0 Å². The number of ketones is 1. The Morgan fingerprint density at radius 1 is 1.47 bits per heavy atom. The van der Waals surface area contributed by atoms with Gasteiger partial charge in [-0.15, -0.1) is 0 Å². The monoisotopic (exact) mass is 218 g/mol. The molecule has 0 aliphatic carbocycles. The maximum Gasteiger partial charge on any atom is 0.157 e. The van der Waals surface area contributed by atoms with Crippen molar-refractivity contribution in [3.8, 4) is 0 Å². The number of carbonyl (C=O) groups is 1. The number of methoxy groups -OCH3 is 1. The van der Waals surface area contributed by atoms with Gasteiger partial charge in [0.2, 0.25) is 0 Å². The van der Waals surface area contributed by atoms with Crippen LogP contribution in [0.2, 0.25) is 0 Å². The minimum absolute atomic E-state index is 0.00419. The number of Topliss-reactive ketones (excluding diaryl/α,β-unsaturated/α-hetero) is 1. The van der Waals surface area contributed by atoms with E-state index in [9.17, 15) is 9.90 Å². The van der Waals surface area contributed by atoms with E-state index < -0.39 is 6.29 Å². The molecule has 0 aliphatic heterocycles. The second-order valence-corrected chi connectivity index (χ2v) is 3.81. The number of aliphatic hydroxyl groups excluding tert-OH is 1. The Bertz CT molecular complexity index is 177. The minimum Gasteiger partial charge on any atom is -0.381 e. The minimum atomic E-state index is -0.857. The molecule has 0 aliphatic rings. The first kappa shape index (κ1) is 14.6. The summed E-state index contributed by atoms with van der Waals surface area (Å²) in [6.45, 7) is 5.27. The standard InChI is InChI=1S/C11H22O4/c1-5-10(14-4)7-11(13)15-9(3)6-8(2)12/h9-11,13H,5-7H2,1-4H3. The van der Waals surface area contributed by atoms with Gasteiger partial charge in [-0.2, -0.15) is 0 Å². The maximum atomic E-state index is 10.8. The molecule has 90 valence electrons. The highest BCUT2D eigenvalue weighted by Crippen LogP contribution is 2.10. The molecule has 0 aromatic rings. The fraction of sp³-hybridized carbons (Fsp3) is 0.909. The van der Waals surface area contributed by atoms with Crippen LogP contribution in [0.4, 0.5) is 0 Å². The van der Waals surface area contributed by atoms with Gasteiger partial charge in [0.15, 0.2) is 6.29 Å². The van der Waals surface area contributed by atoms with Crippen molar-refractivity contribution in [2.24, 2.45) is 0 Å². The van der Waals surface area contributed by atoms with Crippen LogP contribution in [0.15, 0.2) is 0 Å². The number of hydrogen-bond donors (Lipinski definition) is 1. The Labute approximate surface area is 91.6 Å². The SMILES string of the molecule is CCC(CC(O)OC(C)CC(C)=O)OC. The molecule has 0 saturated carbocycles. The number of carbonyl (C=O) groups excluding carboxylic acids is 1. The molecular formula is C11H22O4. The highest BCUT2D eigenvalue weighted by molar-refractivity contribution is 5.75. The van der Waals surface area contributed by atoms with E-state index in [1.54, 1.807) is 14.0 Å². The highest BCUT2D eigenvalue weighted by atomic mass is 16.6. The molecule has 0 saturated heterocycles. The third-order valence-electron chi connectivity index (χ3n) is 2.22. The van der Waals surface area contributed by atoms with Gasteiger partial charge in [-0.05, 0) is 20.3 Å². The zero-order chi connectivity index (χ0) is 11.8. The summed E-state index contributed by atoms with van der Waals surface area (Å²) in [6.07, 6.45) is 0.509. The Balaban J connectivity index is 3.80. The van der Waals surface area contributed by atoms with Crippen molar-refractivity contribution in [3.05, 3.63) is 0 Å². The summed E-state index contributed by atoms with van der Waals surface area (Å²) >= 11 is 0. The van der Waals surface area contributed by atoms with Crippen LogP contribution < -0.4 is 0 Å². The maximum absolute atomic E-state index is 10.8. The Morgan fingerprint density at radius 3 is 2.47 bits per heavy atom. The van der Waals surface area contributed by atoms with Crippen molar-refractivity contribution in [1.82, 2.24) is 0 Å². The Morgan fingerprint density at radius 2 is 2.07 bits per heavy atom. The fourth-order valence-electron chi connectivity index (χ4n) is 1.43. The number of rotatable bonds is 8. The average Bonchev–Trinajstić information content (AvgIpc) is 2.12. The summed E-state index contributed by atoms with van der Waals surface area (Å²) < 4.78 is 10.4. The van der Waals surface area contributed by atoms with Crippen molar-refractivity contribution >= 4 is 5.78 Å². The van der Waals surface area contributed by atoms with Gasteiger partial charge in [0.05, 0.1) is 12.2 Å². The molecule has 0 rings (SSSR count). The lowest BCUT2D eigenvalue weighted by molar-refractivity contribution is -0.154. The van der Waals surface area contributed by atoms with Crippen LogP contribution in [0, 0.1) is 0 Å². The molecule has 0 heterocycles. The summed E-state index contributed by atoms with van der Waals surface area (Å²) in [7, 11) is 1.61. The third-order valence-corrected chi connectivity index (χ3v) is 2.22. The number of ether oxygens (including phenoxy) is 2. The van der Waals surface area contributed by atoms with Crippen LogP contribution in [0.1, 0.15) is 40.0 Å². The molecule has 0 spiro atoms. The van der Waals surface area contributed by atoms with E-state index in [-0.39, 0.29) is 18.0 Å². The fourth-order valence-corrected chi connectivity index (χ4v) is 1.43. The normalized spacial score (nSPS) is 17.1. The van der Waals surface area contributed by atoms with Gasteiger partial charge in [0.1, 0.15) is 5.78 Å². The predicted octanol–water partition coefficient (Wildman–Crippen LogP) is 1.50. The molecule has 15 heavy (non-hydrogen) atoms. The first-order valence-electron chi connectivity index (χ1n) is 5.35. The molecule has 0 fully saturated rings. The van der Waals surface area contributed by atoms with Crippen LogP contribution in [-0.4, -0.2) is 36.5 Å². The van der Waals surface area contributed by atoms with Gasteiger partial charge in [0, 0.05) is 20.0 Å². The molecular weight excluding hydrogens is 196 g/mol. The van der Waals surface area contributed by atoms with Crippen LogP contribution >= 0.6 is 0 Å². The topological polar surface area (TPSA) is 55.8 Å². The first-order chi connectivity index (χ1) is 6.99. The summed E-state index contributed by atoms with van der Waals surface area (Å²) in [5.41, 5.74) is 0. The molecule has 4 heteroatoms. The smallest absolute Gasteiger partial charge is 0.157 e. The van der Waals surface area contributed by atoms with Gasteiger partial charge in [-0.1, -0.05) is 6.92 Å². The van der Waals surface area contributed by atoms with Crippen molar-refractivity contribution in [1.29, 1.82) is 0 Å². The summed E-state index contributed by atoms with van der Waals surface area (Å²) in [5.74, 6) is 0.0634. The van der Waals surface area contributed by atoms with Gasteiger partial charge >= 0.3 is 0 Å². The van der Waals surface area contributed by atoms with Gasteiger partial charge in [-0.25, -0.2) is 0 Å². The van der Waals surface area contributed by atoms with Crippen molar-refractivity contribution in [2.75, 3.05) is 7.11 Å². The molecule has 0 amide bonds. The van der Waals surface area contributed by atoms with E-state index >= 15 is 0 Å². The lowest BCUT2D eigenvalue weighted by Crippen LogP contribution is -2.26. The van der Waals surface area contributed by atoms with Crippen molar-refractivity contribution in [2.45, 2.75) is 58.5 Å². The van der Waals surface area contributed by atoms with E-state index in [0.29, 0.717) is 12.8 Å². The zero-order valence-corrected chi connectivity index (χ0v) is 10.0. The third kappa shape index (κ3) is 7.48. The average molecular weight is 218 g/mol. The van der Waals surface area contributed by atoms with Gasteiger partial charge in [-0.3, -0.25) is 4.79 Å². The van der Waals surface area contributed by atoms with Crippen LogP contribution in [-0.2, 0) is 14.3 Å². The second-order valence-electron chi connectivity index (χ2n) is 3.81. The predicted molar refractivity (Wildman–Crippen MR) is 57.6 cm³/mol. The summed E-state index contributed by atoms with van der Waals surface area (Å²) in [5, 5.41) is 9.55. The molecule has 3 atom stereocenters. The number of aliphatic hydroxyl groups is 1. The molecule has 0 aromatic heterocycles. The quantitative estimate of drug-likeness (QED) is 0.627. The first-order valence-corrected chi connectivity index (χ1v) is 5.35. The Kier molecular flexibility index (Phi) is 7.56. The Hall–Kier alpha value is -0.450. The molecule has 3 unspecified atom stereocenters. The number of hydrogen-bond acceptors (Lipinski definition) is 4. The highest BCUT2D eigenvalue weighted by Gasteiger charge is 2.16. The lowest BCUT2D eigenvalue weighted by atomic mass is 10.2. The van der Waals surface area contributed by atoms with E-state index in [1.165, 1.54) is 6.92 Å². The zero-order valence-electron chi connectivity index (χ0n) is 10.0. The van der Waals surface area contributed by atoms with E-state index in [0.717, 1.165) is 6.42 Å². The molecule has 4 nitrogen and oxygen atoms in total. The molecule has 0 bridgehead atoms. The molecule has 1 N–H and O–H groups in total. The summed E-state index contributed by atoms with van der Waals surface area (Å²) in [4.78, 5) is 10.8.